The van der Waals surface area contributed by atoms with E-state index in [1.807, 2.05) is 0 Å². The Morgan fingerprint density at radius 2 is 1.58 bits per heavy atom. The number of esters is 1. The van der Waals surface area contributed by atoms with Gasteiger partial charge in [-0.15, -0.1) is 11.3 Å². The fourth-order valence-corrected chi connectivity index (χ4v) is 3.26. The molecule has 11 heteroatoms. The monoisotopic (exact) mass is 484 g/mol. The van der Waals surface area contributed by atoms with E-state index < -0.39 is 48.0 Å². The number of alkyl halides is 3. The van der Waals surface area contributed by atoms with Crippen molar-refractivity contribution in [3.05, 3.63) is 57.3 Å². The first-order valence-electron chi connectivity index (χ1n) is 9.78. The zero-order chi connectivity index (χ0) is 24.8. The van der Waals surface area contributed by atoms with Crippen LogP contribution in [0.5, 0.6) is 0 Å². The molecule has 2 N–H and O–H groups in total. The van der Waals surface area contributed by atoms with Gasteiger partial charge in [-0.05, 0) is 36.4 Å². The van der Waals surface area contributed by atoms with Crippen LogP contribution in [0.25, 0.3) is 0 Å². The number of carbonyl (C=O) groups excluding carboxylic acids is 4. The number of amides is 2. The second-order valence-corrected chi connectivity index (χ2v) is 9.21. The number of benzene rings is 1. The number of nitrogens with one attached hydrogen (secondary N) is 2. The third kappa shape index (κ3) is 8.01. The average molecular weight is 484 g/mol. The number of rotatable bonds is 8. The summed E-state index contributed by atoms with van der Waals surface area (Å²) in [5, 5.41) is 4.99. The zero-order valence-corrected chi connectivity index (χ0v) is 19.0. The third-order valence-corrected chi connectivity index (χ3v) is 5.40. The van der Waals surface area contributed by atoms with Crippen LogP contribution in [0.15, 0.2) is 36.4 Å². The summed E-state index contributed by atoms with van der Waals surface area (Å²) in [4.78, 5) is 48.9. The standard InChI is InChI=1S/C22H23F3N2O5S/c1-21(2,3)20(31)27-10-15-8-9-17(33-15)16(28)12-32-18(29)11-26-19(30)13-4-6-14(7-5-13)22(23,24)25/h4-9H,10-12H2,1-3H3,(H,26,30)(H,27,31). The molecule has 0 saturated heterocycles. The highest BCUT2D eigenvalue weighted by Gasteiger charge is 2.30. The fraction of sp³-hybridized carbons (Fsp3) is 0.364. The van der Waals surface area contributed by atoms with Crippen molar-refractivity contribution in [2.75, 3.05) is 13.2 Å². The van der Waals surface area contributed by atoms with Crippen LogP contribution in [0.4, 0.5) is 13.2 Å². The van der Waals surface area contributed by atoms with Crippen LogP contribution < -0.4 is 10.6 Å². The molecule has 0 aliphatic heterocycles. The Labute approximate surface area is 192 Å². The first kappa shape index (κ1) is 26.0. The lowest BCUT2D eigenvalue weighted by Gasteiger charge is -2.17. The van der Waals surface area contributed by atoms with E-state index in [-0.39, 0.29) is 18.0 Å². The summed E-state index contributed by atoms with van der Waals surface area (Å²) in [6.45, 7) is 4.53. The molecule has 0 fully saturated rings. The van der Waals surface area contributed by atoms with Crippen LogP contribution >= 0.6 is 11.3 Å². The maximum atomic E-state index is 12.6. The van der Waals surface area contributed by atoms with E-state index in [1.54, 1.807) is 32.9 Å². The molecule has 2 amide bonds. The van der Waals surface area contributed by atoms with Crippen LogP contribution in [0.3, 0.4) is 0 Å². The molecule has 2 rings (SSSR count). The van der Waals surface area contributed by atoms with Crippen molar-refractivity contribution in [2.45, 2.75) is 33.5 Å². The minimum atomic E-state index is -4.52. The highest BCUT2D eigenvalue weighted by Crippen LogP contribution is 2.29. The number of ether oxygens (including phenoxy) is 1. The third-order valence-electron chi connectivity index (χ3n) is 4.27. The summed E-state index contributed by atoms with van der Waals surface area (Å²) in [6, 6.07) is 6.75. The Kier molecular flexibility index (Phi) is 8.37. The minimum absolute atomic E-state index is 0.0588. The Morgan fingerprint density at radius 1 is 0.939 bits per heavy atom. The van der Waals surface area contributed by atoms with Crippen molar-refractivity contribution in [3.63, 3.8) is 0 Å². The van der Waals surface area contributed by atoms with Crippen molar-refractivity contribution in [2.24, 2.45) is 5.41 Å². The van der Waals surface area contributed by atoms with Crippen LogP contribution in [0.1, 0.15) is 51.2 Å². The maximum absolute atomic E-state index is 12.6. The van der Waals surface area contributed by atoms with Gasteiger partial charge in [0.15, 0.2) is 6.61 Å². The van der Waals surface area contributed by atoms with E-state index in [0.717, 1.165) is 40.5 Å². The van der Waals surface area contributed by atoms with Crippen LogP contribution in [-0.2, 0) is 27.0 Å². The molecule has 0 saturated carbocycles. The van der Waals surface area contributed by atoms with Crippen LogP contribution in [0.2, 0.25) is 0 Å². The molecule has 1 aromatic carbocycles. The Hall–Kier alpha value is -3.21. The van der Waals surface area contributed by atoms with Gasteiger partial charge in [0, 0.05) is 15.9 Å². The minimum Gasteiger partial charge on any atom is -0.456 e. The second kappa shape index (κ2) is 10.6. The summed E-state index contributed by atoms with van der Waals surface area (Å²) in [7, 11) is 0. The molecule has 0 unspecified atom stereocenters. The molecule has 7 nitrogen and oxygen atoms in total. The Bertz CT molecular complexity index is 1020. The quantitative estimate of drug-likeness (QED) is 0.441. The summed E-state index contributed by atoms with van der Waals surface area (Å²) in [5.74, 6) is -2.21. The highest BCUT2D eigenvalue weighted by atomic mass is 32.1. The first-order valence-corrected chi connectivity index (χ1v) is 10.6. The molecular formula is C22H23F3N2O5S. The molecule has 0 radical (unpaired) electrons. The topological polar surface area (TPSA) is 102 Å². The molecule has 1 heterocycles. The number of carbonyl (C=O) groups is 4. The first-order chi connectivity index (χ1) is 15.3. The Morgan fingerprint density at radius 3 is 2.15 bits per heavy atom. The fourth-order valence-electron chi connectivity index (χ4n) is 2.39. The molecule has 33 heavy (non-hydrogen) atoms. The van der Waals surface area contributed by atoms with Gasteiger partial charge >= 0.3 is 12.1 Å². The molecule has 0 bridgehead atoms. The average Bonchev–Trinajstić information content (AvgIpc) is 3.22. The SMILES string of the molecule is CC(C)(C)C(=O)NCc1ccc(C(=O)COC(=O)CNC(=O)c2ccc(C(F)(F)F)cc2)s1. The molecular weight excluding hydrogens is 461 g/mol. The lowest BCUT2D eigenvalue weighted by molar-refractivity contribution is -0.141. The zero-order valence-electron chi connectivity index (χ0n) is 18.2. The normalized spacial score (nSPS) is 11.6. The highest BCUT2D eigenvalue weighted by molar-refractivity contribution is 7.14. The number of thiophene rings is 1. The predicted octanol–water partition coefficient (Wildman–Crippen LogP) is 3.59. The smallest absolute Gasteiger partial charge is 0.416 e. The molecule has 0 atom stereocenters. The van der Waals surface area contributed by atoms with E-state index >= 15 is 0 Å². The Balaban J connectivity index is 1.77. The van der Waals surface area contributed by atoms with Crippen molar-refractivity contribution >= 4 is 34.9 Å². The van der Waals surface area contributed by atoms with E-state index in [0.29, 0.717) is 4.88 Å². The molecule has 2 aromatic rings. The van der Waals surface area contributed by atoms with Gasteiger partial charge in [0.1, 0.15) is 6.54 Å². The lowest BCUT2D eigenvalue weighted by Crippen LogP contribution is -2.34. The van der Waals surface area contributed by atoms with E-state index in [4.69, 9.17) is 4.74 Å². The van der Waals surface area contributed by atoms with Gasteiger partial charge in [-0.1, -0.05) is 20.8 Å². The summed E-state index contributed by atoms with van der Waals surface area (Å²) in [6.07, 6.45) is -4.52. The lowest BCUT2D eigenvalue weighted by atomic mass is 9.96. The van der Waals surface area contributed by atoms with Crippen molar-refractivity contribution in [1.82, 2.24) is 10.6 Å². The number of hydrogen-bond donors (Lipinski definition) is 2. The van der Waals surface area contributed by atoms with Crippen molar-refractivity contribution in [1.29, 1.82) is 0 Å². The maximum Gasteiger partial charge on any atom is 0.416 e. The molecule has 1 aromatic heterocycles. The van der Waals surface area contributed by atoms with E-state index in [9.17, 15) is 32.3 Å². The summed E-state index contributed by atoms with van der Waals surface area (Å²) < 4.78 is 42.5. The van der Waals surface area contributed by atoms with Crippen molar-refractivity contribution < 1.29 is 37.1 Å². The van der Waals surface area contributed by atoms with E-state index in [2.05, 4.69) is 10.6 Å². The second-order valence-electron chi connectivity index (χ2n) is 8.04. The van der Waals surface area contributed by atoms with Gasteiger partial charge < -0.3 is 15.4 Å². The number of hydrogen-bond acceptors (Lipinski definition) is 6. The molecule has 0 spiro atoms. The number of Topliss-reactive ketones (excluding diaryl/α,β-unsaturated/α-hetero) is 1. The van der Waals surface area contributed by atoms with Crippen LogP contribution in [-0.4, -0.2) is 36.7 Å². The molecule has 178 valence electrons. The van der Waals surface area contributed by atoms with Gasteiger partial charge in [-0.25, -0.2) is 0 Å². The molecule has 0 aliphatic carbocycles. The summed E-state index contributed by atoms with van der Waals surface area (Å²) in [5.41, 5.74) is -1.49. The van der Waals surface area contributed by atoms with Gasteiger partial charge in [-0.3, -0.25) is 19.2 Å². The van der Waals surface area contributed by atoms with Gasteiger partial charge in [-0.2, -0.15) is 13.2 Å². The van der Waals surface area contributed by atoms with Crippen LogP contribution in [0, 0.1) is 5.41 Å². The van der Waals surface area contributed by atoms with Crippen molar-refractivity contribution in [3.8, 4) is 0 Å². The number of halogens is 3. The van der Waals surface area contributed by atoms with Gasteiger partial charge in [0.05, 0.1) is 17.0 Å². The van der Waals surface area contributed by atoms with E-state index in [1.165, 1.54) is 0 Å². The predicted molar refractivity (Wildman–Crippen MR) is 115 cm³/mol. The number of ketones is 1. The molecule has 0 aliphatic rings. The summed E-state index contributed by atoms with van der Waals surface area (Å²) >= 11 is 1.16. The van der Waals surface area contributed by atoms with Gasteiger partial charge in [0.2, 0.25) is 11.7 Å². The largest absolute Gasteiger partial charge is 0.456 e. The van der Waals surface area contributed by atoms with Gasteiger partial charge in [0.25, 0.3) is 5.91 Å².